The van der Waals surface area contributed by atoms with Crippen LogP contribution in [0.2, 0.25) is 0 Å². The average molecular weight is 231 g/mol. The summed E-state index contributed by atoms with van der Waals surface area (Å²) in [7, 11) is 0. The van der Waals surface area contributed by atoms with Crippen LogP contribution >= 0.6 is 0 Å². The second-order valence-electron chi connectivity index (χ2n) is 5.64. The van der Waals surface area contributed by atoms with Crippen molar-refractivity contribution in [2.45, 2.75) is 33.2 Å². The topological polar surface area (TPSA) is 20.3 Å². The number of carbonyl (C=O) groups is 1. The Labute approximate surface area is 104 Å². The lowest BCUT2D eigenvalue weighted by Crippen LogP contribution is -2.26. The van der Waals surface area contributed by atoms with Crippen molar-refractivity contribution in [1.29, 1.82) is 0 Å². The Balaban J connectivity index is 1.92. The molecule has 1 aliphatic rings. The molecule has 1 atom stereocenters. The largest absolute Gasteiger partial charge is 0.300 e. The van der Waals surface area contributed by atoms with Crippen LogP contribution in [-0.4, -0.2) is 23.8 Å². The van der Waals surface area contributed by atoms with Crippen molar-refractivity contribution in [3.05, 3.63) is 35.9 Å². The number of Topliss-reactive ketones (excluding diaryl/α,β-unsaturated/α-hetero) is 1. The molecule has 0 spiro atoms. The molecule has 17 heavy (non-hydrogen) atoms. The Morgan fingerprint density at radius 2 is 2.06 bits per heavy atom. The zero-order chi connectivity index (χ0) is 12.3. The predicted octanol–water partition coefficient (Wildman–Crippen LogP) is 2.88. The van der Waals surface area contributed by atoms with E-state index >= 15 is 0 Å². The molecule has 0 saturated carbocycles. The SMILES string of the molecule is CC(=O)C[C@]1(C)CCN(Cc2ccccc2)C1. The molecule has 0 bridgehead atoms. The molecule has 1 fully saturated rings. The summed E-state index contributed by atoms with van der Waals surface area (Å²) >= 11 is 0. The molecule has 0 aliphatic carbocycles. The molecule has 2 nitrogen and oxygen atoms in total. The van der Waals surface area contributed by atoms with Gasteiger partial charge in [0.25, 0.3) is 0 Å². The molecule has 0 N–H and O–H groups in total. The molecule has 1 aromatic carbocycles. The number of hydrogen-bond acceptors (Lipinski definition) is 2. The predicted molar refractivity (Wildman–Crippen MR) is 69.7 cm³/mol. The molecule has 0 unspecified atom stereocenters. The van der Waals surface area contributed by atoms with Gasteiger partial charge in [0.1, 0.15) is 5.78 Å². The number of rotatable bonds is 4. The van der Waals surface area contributed by atoms with Crippen molar-refractivity contribution in [2.24, 2.45) is 5.41 Å². The summed E-state index contributed by atoms with van der Waals surface area (Å²) < 4.78 is 0. The lowest BCUT2D eigenvalue weighted by molar-refractivity contribution is -0.118. The van der Waals surface area contributed by atoms with Crippen LogP contribution in [0, 0.1) is 5.41 Å². The molecule has 0 amide bonds. The Morgan fingerprint density at radius 1 is 1.35 bits per heavy atom. The maximum absolute atomic E-state index is 11.3. The van der Waals surface area contributed by atoms with Crippen LogP contribution in [0.3, 0.4) is 0 Å². The van der Waals surface area contributed by atoms with E-state index in [-0.39, 0.29) is 5.41 Å². The summed E-state index contributed by atoms with van der Waals surface area (Å²) in [5.41, 5.74) is 1.56. The van der Waals surface area contributed by atoms with E-state index in [1.165, 1.54) is 5.56 Å². The molecule has 2 rings (SSSR count). The standard InChI is InChI=1S/C15H21NO/c1-13(17)10-15(2)8-9-16(12-15)11-14-6-4-3-5-7-14/h3-7H,8-12H2,1-2H3/t15-/m0/s1. The van der Waals surface area contributed by atoms with E-state index in [4.69, 9.17) is 0 Å². The molecule has 1 saturated heterocycles. The molecule has 92 valence electrons. The maximum Gasteiger partial charge on any atom is 0.130 e. The van der Waals surface area contributed by atoms with Gasteiger partial charge in [-0.05, 0) is 30.9 Å². The van der Waals surface area contributed by atoms with Crippen molar-refractivity contribution >= 4 is 5.78 Å². The number of hydrogen-bond donors (Lipinski definition) is 0. The van der Waals surface area contributed by atoms with Crippen LogP contribution in [-0.2, 0) is 11.3 Å². The number of ketones is 1. The van der Waals surface area contributed by atoms with Crippen molar-refractivity contribution in [3.63, 3.8) is 0 Å². The van der Waals surface area contributed by atoms with E-state index in [1.807, 2.05) is 6.07 Å². The van der Waals surface area contributed by atoms with Crippen molar-refractivity contribution in [2.75, 3.05) is 13.1 Å². The fraction of sp³-hybridized carbons (Fsp3) is 0.533. The van der Waals surface area contributed by atoms with Crippen LogP contribution in [0.15, 0.2) is 30.3 Å². The summed E-state index contributed by atoms with van der Waals surface area (Å²) in [5, 5.41) is 0. The monoisotopic (exact) mass is 231 g/mol. The molecular weight excluding hydrogens is 210 g/mol. The highest BCUT2D eigenvalue weighted by atomic mass is 16.1. The van der Waals surface area contributed by atoms with Gasteiger partial charge in [0.05, 0.1) is 0 Å². The maximum atomic E-state index is 11.3. The molecule has 1 aromatic rings. The van der Waals surface area contributed by atoms with Gasteiger partial charge in [0.15, 0.2) is 0 Å². The molecule has 0 radical (unpaired) electrons. The van der Waals surface area contributed by atoms with Gasteiger partial charge in [-0.25, -0.2) is 0 Å². The number of carbonyl (C=O) groups excluding carboxylic acids is 1. The normalized spacial score (nSPS) is 25.1. The van der Waals surface area contributed by atoms with Gasteiger partial charge in [-0.1, -0.05) is 37.3 Å². The van der Waals surface area contributed by atoms with E-state index < -0.39 is 0 Å². The fourth-order valence-corrected chi connectivity index (χ4v) is 2.85. The van der Waals surface area contributed by atoms with Gasteiger partial charge in [-0.15, -0.1) is 0 Å². The smallest absolute Gasteiger partial charge is 0.130 e. The van der Waals surface area contributed by atoms with Crippen LogP contribution < -0.4 is 0 Å². The summed E-state index contributed by atoms with van der Waals surface area (Å²) in [6.07, 6.45) is 1.86. The summed E-state index contributed by atoms with van der Waals surface area (Å²) in [6.45, 7) is 7.10. The Kier molecular flexibility index (Phi) is 3.63. The van der Waals surface area contributed by atoms with Gasteiger partial charge >= 0.3 is 0 Å². The van der Waals surface area contributed by atoms with Gasteiger partial charge in [0, 0.05) is 19.5 Å². The Morgan fingerprint density at radius 3 is 2.71 bits per heavy atom. The summed E-state index contributed by atoms with van der Waals surface area (Å²) in [6, 6.07) is 10.6. The first-order valence-corrected chi connectivity index (χ1v) is 6.33. The molecular formula is C15H21NO. The van der Waals surface area contributed by atoms with Gasteiger partial charge in [-0.3, -0.25) is 4.90 Å². The molecule has 2 heteroatoms. The van der Waals surface area contributed by atoms with Crippen molar-refractivity contribution < 1.29 is 4.79 Å². The van der Waals surface area contributed by atoms with E-state index in [2.05, 4.69) is 36.1 Å². The lowest BCUT2D eigenvalue weighted by atomic mass is 9.84. The first-order chi connectivity index (χ1) is 8.07. The molecule has 1 heterocycles. The van der Waals surface area contributed by atoms with Crippen molar-refractivity contribution in [1.82, 2.24) is 4.90 Å². The minimum atomic E-state index is 0.195. The minimum Gasteiger partial charge on any atom is -0.300 e. The minimum absolute atomic E-state index is 0.195. The average Bonchev–Trinajstić information content (AvgIpc) is 2.60. The Bertz CT molecular complexity index is 387. The highest BCUT2D eigenvalue weighted by molar-refractivity contribution is 5.76. The van der Waals surface area contributed by atoms with E-state index in [1.54, 1.807) is 6.92 Å². The number of benzene rings is 1. The fourth-order valence-electron chi connectivity index (χ4n) is 2.85. The first kappa shape index (κ1) is 12.3. The third-order valence-electron chi connectivity index (χ3n) is 3.56. The number of likely N-dealkylation sites (tertiary alicyclic amines) is 1. The second-order valence-corrected chi connectivity index (χ2v) is 5.64. The Hall–Kier alpha value is -1.15. The first-order valence-electron chi connectivity index (χ1n) is 6.33. The third kappa shape index (κ3) is 3.40. The van der Waals surface area contributed by atoms with Crippen molar-refractivity contribution in [3.8, 4) is 0 Å². The lowest BCUT2D eigenvalue weighted by Gasteiger charge is -2.23. The molecule has 0 aromatic heterocycles. The third-order valence-corrected chi connectivity index (χ3v) is 3.56. The molecule has 1 aliphatic heterocycles. The summed E-state index contributed by atoms with van der Waals surface area (Å²) in [5.74, 6) is 0.314. The quantitative estimate of drug-likeness (QED) is 0.794. The highest BCUT2D eigenvalue weighted by Gasteiger charge is 2.34. The van der Waals surface area contributed by atoms with Crippen LogP contribution in [0.1, 0.15) is 32.3 Å². The van der Waals surface area contributed by atoms with Gasteiger partial charge < -0.3 is 4.79 Å². The summed E-state index contributed by atoms with van der Waals surface area (Å²) in [4.78, 5) is 13.7. The van der Waals surface area contributed by atoms with Gasteiger partial charge in [0.2, 0.25) is 0 Å². The van der Waals surface area contributed by atoms with Gasteiger partial charge in [-0.2, -0.15) is 0 Å². The zero-order valence-electron chi connectivity index (χ0n) is 10.8. The number of nitrogens with zero attached hydrogens (tertiary/aromatic N) is 1. The van der Waals surface area contributed by atoms with E-state index in [0.717, 1.165) is 32.5 Å². The van der Waals surface area contributed by atoms with Crippen LogP contribution in [0.5, 0.6) is 0 Å². The van der Waals surface area contributed by atoms with Crippen LogP contribution in [0.25, 0.3) is 0 Å². The second kappa shape index (κ2) is 5.01. The highest BCUT2D eigenvalue weighted by Crippen LogP contribution is 2.34. The van der Waals surface area contributed by atoms with E-state index in [0.29, 0.717) is 5.78 Å². The van der Waals surface area contributed by atoms with E-state index in [9.17, 15) is 4.79 Å². The van der Waals surface area contributed by atoms with Crippen LogP contribution in [0.4, 0.5) is 0 Å². The zero-order valence-corrected chi connectivity index (χ0v) is 10.8.